The van der Waals surface area contributed by atoms with E-state index >= 15 is 0 Å². The minimum absolute atomic E-state index is 0.0236. The molecule has 3 N–H and O–H groups in total. The highest BCUT2D eigenvalue weighted by Crippen LogP contribution is 2.03. The SMILES string of the molecule is CN=C(NCCNC(=O)C(C)C)NCCN(C(C)C)C(C)C. The number of nitrogens with zero attached hydrogens (tertiary/aromatic N) is 2. The zero-order valence-corrected chi connectivity index (χ0v) is 15.4. The van der Waals surface area contributed by atoms with Gasteiger partial charge in [-0.2, -0.15) is 0 Å². The molecule has 0 radical (unpaired) electrons. The van der Waals surface area contributed by atoms with Crippen LogP contribution in [-0.2, 0) is 4.79 Å². The van der Waals surface area contributed by atoms with Crippen molar-refractivity contribution in [2.75, 3.05) is 33.2 Å². The first-order chi connectivity index (χ1) is 10.3. The van der Waals surface area contributed by atoms with Crippen molar-refractivity contribution in [3.8, 4) is 0 Å². The molecule has 0 aliphatic rings. The normalized spacial score (nSPS) is 12.4. The minimum atomic E-state index is 0.0236. The molecule has 0 aromatic carbocycles. The summed E-state index contributed by atoms with van der Waals surface area (Å²) in [6.07, 6.45) is 0. The maximum Gasteiger partial charge on any atom is 0.222 e. The fourth-order valence-corrected chi connectivity index (χ4v) is 2.21. The summed E-state index contributed by atoms with van der Waals surface area (Å²) >= 11 is 0. The summed E-state index contributed by atoms with van der Waals surface area (Å²) in [5.41, 5.74) is 0. The van der Waals surface area contributed by atoms with Crippen LogP contribution in [0.25, 0.3) is 0 Å². The zero-order chi connectivity index (χ0) is 17.1. The van der Waals surface area contributed by atoms with Crippen LogP contribution in [0.4, 0.5) is 0 Å². The first-order valence-electron chi connectivity index (χ1n) is 8.27. The van der Waals surface area contributed by atoms with Gasteiger partial charge in [-0.1, -0.05) is 13.8 Å². The van der Waals surface area contributed by atoms with Crippen LogP contribution >= 0.6 is 0 Å². The summed E-state index contributed by atoms with van der Waals surface area (Å²) in [5, 5.41) is 9.38. The number of carbonyl (C=O) groups is 1. The number of hydrogen-bond donors (Lipinski definition) is 3. The van der Waals surface area contributed by atoms with Gasteiger partial charge >= 0.3 is 0 Å². The van der Waals surface area contributed by atoms with E-state index < -0.39 is 0 Å². The molecule has 0 heterocycles. The van der Waals surface area contributed by atoms with E-state index in [1.165, 1.54) is 0 Å². The Morgan fingerprint density at radius 3 is 1.86 bits per heavy atom. The van der Waals surface area contributed by atoms with E-state index in [2.05, 4.69) is 53.5 Å². The maximum absolute atomic E-state index is 11.4. The lowest BCUT2D eigenvalue weighted by Gasteiger charge is -2.30. The minimum Gasteiger partial charge on any atom is -0.355 e. The van der Waals surface area contributed by atoms with E-state index in [9.17, 15) is 4.79 Å². The van der Waals surface area contributed by atoms with E-state index in [4.69, 9.17) is 0 Å². The fourth-order valence-electron chi connectivity index (χ4n) is 2.21. The summed E-state index contributed by atoms with van der Waals surface area (Å²) in [7, 11) is 1.75. The Morgan fingerprint density at radius 1 is 0.909 bits per heavy atom. The molecule has 0 aromatic rings. The predicted molar refractivity (Wildman–Crippen MR) is 94.2 cm³/mol. The van der Waals surface area contributed by atoms with Crippen molar-refractivity contribution >= 4 is 11.9 Å². The Hall–Kier alpha value is -1.30. The van der Waals surface area contributed by atoms with E-state index in [1.54, 1.807) is 7.05 Å². The second kappa shape index (κ2) is 11.3. The van der Waals surface area contributed by atoms with Gasteiger partial charge in [-0.15, -0.1) is 0 Å². The Kier molecular flexibility index (Phi) is 10.6. The molecular formula is C16H35N5O. The van der Waals surface area contributed by atoms with Crippen LogP contribution in [0.15, 0.2) is 4.99 Å². The number of rotatable bonds is 9. The van der Waals surface area contributed by atoms with Gasteiger partial charge in [-0.25, -0.2) is 0 Å². The second-order valence-corrected chi connectivity index (χ2v) is 6.30. The standard InChI is InChI=1S/C16H35N5O/c1-12(2)15(22)18-8-9-19-16(17-7)20-10-11-21(13(3)4)14(5)6/h12-14H,8-11H2,1-7H3,(H,18,22)(H2,17,19,20). The van der Waals surface area contributed by atoms with Crippen LogP contribution in [0.1, 0.15) is 41.5 Å². The Balaban J connectivity index is 3.96. The smallest absolute Gasteiger partial charge is 0.222 e. The van der Waals surface area contributed by atoms with Gasteiger partial charge in [0.2, 0.25) is 5.91 Å². The molecule has 0 saturated carbocycles. The number of nitrogens with one attached hydrogen (secondary N) is 3. The molecule has 0 atom stereocenters. The molecule has 22 heavy (non-hydrogen) atoms. The molecule has 6 nitrogen and oxygen atoms in total. The number of hydrogen-bond acceptors (Lipinski definition) is 3. The van der Waals surface area contributed by atoms with Gasteiger partial charge in [0, 0.05) is 51.2 Å². The van der Waals surface area contributed by atoms with Crippen molar-refractivity contribution in [3.63, 3.8) is 0 Å². The highest BCUT2D eigenvalue weighted by Gasteiger charge is 2.12. The van der Waals surface area contributed by atoms with Crippen LogP contribution in [0.3, 0.4) is 0 Å². The van der Waals surface area contributed by atoms with Crippen molar-refractivity contribution in [2.24, 2.45) is 10.9 Å². The van der Waals surface area contributed by atoms with Gasteiger partial charge in [-0.3, -0.25) is 14.7 Å². The van der Waals surface area contributed by atoms with Crippen molar-refractivity contribution in [3.05, 3.63) is 0 Å². The van der Waals surface area contributed by atoms with Crippen LogP contribution in [-0.4, -0.2) is 62.1 Å². The highest BCUT2D eigenvalue weighted by atomic mass is 16.1. The van der Waals surface area contributed by atoms with Gasteiger partial charge < -0.3 is 16.0 Å². The van der Waals surface area contributed by atoms with Crippen molar-refractivity contribution in [1.29, 1.82) is 0 Å². The topological polar surface area (TPSA) is 68.8 Å². The molecule has 0 spiro atoms. The summed E-state index contributed by atoms with van der Waals surface area (Å²) in [5.74, 6) is 0.871. The van der Waals surface area contributed by atoms with E-state index in [0.29, 0.717) is 25.2 Å². The highest BCUT2D eigenvalue weighted by molar-refractivity contribution is 5.80. The van der Waals surface area contributed by atoms with Gasteiger partial charge in [0.1, 0.15) is 0 Å². The third-order valence-corrected chi connectivity index (χ3v) is 3.45. The lowest BCUT2D eigenvalue weighted by Crippen LogP contribution is -2.46. The monoisotopic (exact) mass is 313 g/mol. The molecule has 0 aliphatic heterocycles. The predicted octanol–water partition coefficient (Wildman–Crippen LogP) is 1.04. The molecule has 130 valence electrons. The molecule has 0 bridgehead atoms. The summed E-state index contributed by atoms with van der Waals surface area (Å²) in [4.78, 5) is 18.1. The van der Waals surface area contributed by atoms with E-state index in [0.717, 1.165) is 19.0 Å². The molecule has 0 aromatic heterocycles. The van der Waals surface area contributed by atoms with Crippen LogP contribution in [0.5, 0.6) is 0 Å². The second-order valence-electron chi connectivity index (χ2n) is 6.30. The maximum atomic E-state index is 11.4. The molecule has 0 rings (SSSR count). The average molecular weight is 313 g/mol. The number of aliphatic imine (C=N–C) groups is 1. The van der Waals surface area contributed by atoms with Crippen molar-refractivity contribution < 1.29 is 4.79 Å². The summed E-state index contributed by atoms with van der Waals surface area (Å²) in [6, 6.07) is 1.06. The third-order valence-electron chi connectivity index (χ3n) is 3.45. The first-order valence-corrected chi connectivity index (χ1v) is 8.27. The Bertz CT molecular complexity index is 331. The number of amides is 1. The summed E-state index contributed by atoms with van der Waals surface area (Å²) in [6.45, 7) is 15.7. The summed E-state index contributed by atoms with van der Waals surface area (Å²) < 4.78 is 0. The molecule has 6 heteroatoms. The Labute approximate surface area is 136 Å². The molecule has 0 fully saturated rings. The molecule has 0 aliphatic carbocycles. The van der Waals surface area contributed by atoms with Gasteiger partial charge in [0.05, 0.1) is 0 Å². The molecule has 0 saturated heterocycles. The molecular weight excluding hydrogens is 278 g/mol. The quantitative estimate of drug-likeness (QED) is 0.338. The van der Waals surface area contributed by atoms with E-state index in [1.807, 2.05) is 13.8 Å². The molecule has 1 amide bonds. The van der Waals surface area contributed by atoms with Gasteiger partial charge in [0.25, 0.3) is 0 Å². The average Bonchev–Trinajstić information content (AvgIpc) is 2.44. The lowest BCUT2D eigenvalue weighted by atomic mass is 10.2. The van der Waals surface area contributed by atoms with Crippen LogP contribution in [0.2, 0.25) is 0 Å². The van der Waals surface area contributed by atoms with E-state index in [-0.39, 0.29) is 11.8 Å². The fraction of sp³-hybridized carbons (Fsp3) is 0.875. The van der Waals surface area contributed by atoms with Gasteiger partial charge in [-0.05, 0) is 27.7 Å². The van der Waals surface area contributed by atoms with Crippen molar-refractivity contribution in [2.45, 2.75) is 53.6 Å². The third kappa shape index (κ3) is 8.87. The largest absolute Gasteiger partial charge is 0.355 e. The lowest BCUT2D eigenvalue weighted by molar-refractivity contribution is -0.123. The first kappa shape index (κ1) is 20.7. The van der Waals surface area contributed by atoms with Crippen molar-refractivity contribution in [1.82, 2.24) is 20.9 Å². The zero-order valence-electron chi connectivity index (χ0n) is 15.4. The number of carbonyl (C=O) groups excluding carboxylic acids is 1. The number of guanidine groups is 1. The molecule has 0 unspecified atom stereocenters. The van der Waals surface area contributed by atoms with Crippen LogP contribution < -0.4 is 16.0 Å². The van der Waals surface area contributed by atoms with Crippen LogP contribution in [0, 0.1) is 5.92 Å². The van der Waals surface area contributed by atoms with Gasteiger partial charge in [0.15, 0.2) is 5.96 Å². The Morgan fingerprint density at radius 2 is 1.41 bits per heavy atom.